The Morgan fingerprint density at radius 2 is 1.76 bits per heavy atom. The summed E-state index contributed by atoms with van der Waals surface area (Å²) in [5.74, 6) is -0.644. The van der Waals surface area contributed by atoms with Gasteiger partial charge in [-0.3, -0.25) is 14.4 Å². The molecule has 1 aromatic carbocycles. The van der Waals surface area contributed by atoms with Gasteiger partial charge in [0, 0.05) is 19.2 Å². The maximum atomic E-state index is 12.1. The van der Waals surface area contributed by atoms with Crippen LogP contribution in [0, 0.1) is 0 Å². The second kappa shape index (κ2) is 7.65. The van der Waals surface area contributed by atoms with E-state index in [2.05, 4.69) is 16.0 Å². The average molecular weight is 343 g/mol. The molecule has 0 saturated heterocycles. The summed E-state index contributed by atoms with van der Waals surface area (Å²) in [7, 11) is 0. The highest BCUT2D eigenvalue weighted by atomic mass is 16.3. The molecule has 0 aliphatic carbocycles. The number of rotatable bonds is 6. The van der Waals surface area contributed by atoms with Crippen LogP contribution in [-0.2, 0) is 16.1 Å². The molecule has 2 rings (SSSR count). The first kappa shape index (κ1) is 18.3. The van der Waals surface area contributed by atoms with Crippen molar-refractivity contribution in [1.29, 1.82) is 0 Å². The lowest BCUT2D eigenvalue weighted by molar-refractivity contribution is -0.131. The van der Waals surface area contributed by atoms with E-state index in [1.165, 1.54) is 13.2 Å². The smallest absolute Gasteiger partial charge is 0.291 e. The van der Waals surface area contributed by atoms with Crippen molar-refractivity contribution in [2.24, 2.45) is 0 Å². The van der Waals surface area contributed by atoms with Crippen molar-refractivity contribution in [3.05, 3.63) is 54.0 Å². The number of carbonyl (C=O) groups is 3. The molecular formula is C18H21N3O4. The predicted molar refractivity (Wildman–Crippen MR) is 92.8 cm³/mol. The molecule has 1 aromatic heterocycles. The van der Waals surface area contributed by atoms with Gasteiger partial charge in [-0.25, -0.2) is 0 Å². The Bertz CT molecular complexity index is 749. The van der Waals surface area contributed by atoms with Gasteiger partial charge in [0.15, 0.2) is 5.76 Å². The molecule has 7 nitrogen and oxygen atoms in total. The number of furan rings is 1. The molecule has 3 amide bonds. The van der Waals surface area contributed by atoms with Crippen molar-refractivity contribution >= 4 is 23.4 Å². The second-order valence-electron chi connectivity index (χ2n) is 6.12. The van der Waals surface area contributed by atoms with Crippen LogP contribution in [0.3, 0.4) is 0 Å². The molecule has 3 N–H and O–H groups in total. The number of anilines is 1. The first-order valence-electron chi connectivity index (χ1n) is 7.79. The molecule has 0 radical (unpaired) electrons. The zero-order chi connectivity index (χ0) is 18.4. The van der Waals surface area contributed by atoms with E-state index < -0.39 is 5.54 Å². The summed E-state index contributed by atoms with van der Waals surface area (Å²) >= 11 is 0. The van der Waals surface area contributed by atoms with Crippen LogP contribution >= 0.6 is 0 Å². The lowest BCUT2D eigenvalue weighted by atomic mass is 10.0. The summed E-state index contributed by atoms with van der Waals surface area (Å²) in [6.45, 7) is 4.95. The summed E-state index contributed by atoms with van der Waals surface area (Å²) in [5, 5.41) is 8.08. The van der Waals surface area contributed by atoms with Crippen molar-refractivity contribution in [2.75, 3.05) is 5.32 Å². The van der Waals surface area contributed by atoms with Crippen LogP contribution in [0.5, 0.6) is 0 Å². The number of benzene rings is 1. The van der Waals surface area contributed by atoms with Crippen molar-refractivity contribution in [2.45, 2.75) is 32.9 Å². The number of hydrogen-bond acceptors (Lipinski definition) is 4. The van der Waals surface area contributed by atoms with Crippen molar-refractivity contribution in [3.8, 4) is 0 Å². The minimum absolute atomic E-state index is 0.233. The van der Waals surface area contributed by atoms with E-state index in [1.54, 1.807) is 50.2 Å². The van der Waals surface area contributed by atoms with Gasteiger partial charge in [0.2, 0.25) is 11.8 Å². The van der Waals surface area contributed by atoms with Gasteiger partial charge in [-0.2, -0.15) is 0 Å². The molecule has 132 valence electrons. The maximum Gasteiger partial charge on any atom is 0.291 e. The maximum absolute atomic E-state index is 12.1. The Balaban J connectivity index is 1.89. The molecule has 0 fully saturated rings. The number of hydrogen-bond donors (Lipinski definition) is 3. The Kier molecular flexibility index (Phi) is 5.59. The van der Waals surface area contributed by atoms with Crippen molar-refractivity contribution in [3.63, 3.8) is 0 Å². The van der Waals surface area contributed by atoms with Crippen LogP contribution in [0.1, 0.15) is 36.9 Å². The fourth-order valence-electron chi connectivity index (χ4n) is 2.21. The van der Waals surface area contributed by atoms with E-state index in [1.807, 2.05) is 0 Å². The number of amides is 3. The van der Waals surface area contributed by atoms with Crippen LogP contribution < -0.4 is 16.0 Å². The summed E-state index contributed by atoms with van der Waals surface area (Å²) in [6, 6.07) is 10.3. The van der Waals surface area contributed by atoms with Crippen molar-refractivity contribution in [1.82, 2.24) is 10.6 Å². The largest absolute Gasteiger partial charge is 0.459 e. The third-order valence-electron chi connectivity index (χ3n) is 3.47. The lowest BCUT2D eigenvalue weighted by Crippen LogP contribution is -2.53. The van der Waals surface area contributed by atoms with Gasteiger partial charge in [-0.15, -0.1) is 0 Å². The fraction of sp³-hybridized carbons (Fsp3) is 0.278. The molecule has 0 spiro atoms. The molecule has 2 aromatic rings. The van der Waals surface area contributed by atoms with E-state index in [0.29, 0.717) is 12.2 Å². The highest BCUT2D eigenvalue weighted by molar-refractivity contribution is 6.02. The summed E-state index contributed by atoms with van der Waals surface area (Å²) in [5.41, 5.74) is 0.501. The highest BCUT2D eigenvalue weighted by Crippen LogP contribution is 2.12. The Hall–Kier alpha value is -3.09. The quantitative estimate of drug-likeness (QED) is 0.747. The van der Waals surface area contributed by atoms with Gasteiger partial charge in [0.1, 0.15) is 5.54 Å². The first-order valence-corrected chi connectivity index (χ1v) is 7.79. The third-order valence-corrected chi connectivity index (χ3v) is 3.47. The van der Waals surface area contributed by atoms with Gasteiger partial charge in [0.05, 0.1) is 6.26 Å². The van der Waals surface area contributed by atoms with Gasteiger partial charge in [-0.1, -0.05) is 12.1 Å². The zero-order valence-corrected chi connectivity index (χ0v) is 14.4. The molecule has 25 heavy (non-hydrogen) atoms. The first-order chi connectivity index (χ1) is 11.8. The van der Waals surface area contributed by atoms with Crippen LogP contribution in [0.4, 0.5) is 5.69 Å². The Labute approximate surface area is 145 Å². The van der Waals surface area contributed by atoms with E-state index >= 15 is 0 Å². The normalized spacial score (nSPS) is 10.8. The van der Waals surface area contributed by atoms with Gasteiger partial charge in [-0.05, 0) is 43.7 Å². The molecule has 0 bridgehead atoms. The van der Waals surface area contributed by atoms with Gasteiger partial charge in [0.25, 0.3) is 5.91 Å². The summed E-state index contributed by atoms with van der Waals surface area (Å²) in [6.07, 6.45) is 1.43. The fourth-order valence-corrected chi connectivity index (χ4v) is 2.21. The molecule has 0 saturated carbocycles. The van der Waals surface area contributed by atoms with Crippen LogP contribution in [-0.4, -0.2) is 23.3 Å². The molecule has 0 aliphatic heterocycles. The van der Waals surface area contributed by atoms with Crippen molar-refractivity contribution < 1.29 is 18.8 Å². The van der Waals surface area contributed by atoms with Crippen LogP contribution in [0.2, 0.25) is 0 Å². The Morgan fingerprint density at radius 1 is 1.08 bits per heavy atom. The molecule has 0 atom stereocenters. The zero-order valence-electron chi connectivity index (χ0n) is 14.4. The minimum atomic E-state index is -0.983. The van der Waals surface area contributed by atoms with E-state index in [-0.39, 0.29) is 23.5 Å². The van der Waals surface area contributed by atoms with E-state index in [4.69, 9.17) is 4.42 Å². The summed E-state index contributed by atoms with van der Waals surface area (Å²) in [4.78, 5) is 35.1. The standard InChI is InChI=1S/C18H21N3O4/c1-12(22)21-18(2,3)17(24)19-11-13-6-8-14(9-7-13)20-16(23)15-5-4-10-25-15/h4-10H,11H2,1-3H3,(H,19,24)(H,20,23)(H,21,22). The van der Waals surface area contributed by atoms with Crippen LogP contribution in [0.15, 0.2) is 47.1 Å². The molecular weight excluding hydrogens is 322 g/mol. The molecule has 0 unspecified atom stereocenters. The second-order valence-corrected chi connectivity index (χ2v) is 6.12. The van der Waals surface area contributed by atoms with E-state index in [9.17, 15) is 14.4 Å². The van der Waals surface area contributed by atoms with E-state index in [0.717, 1.165) is 5.56 Å². The molecule has 0 aliphatic rings. The van der Waals surface area contributed by atoms with Gasteiger partial charge < -0.3 is 20.4 Å². The number of nitrogens with one attached hydrogen (secondary N) is 3. The highest BCUT2D eigenvalue weighted by Gasteiger charge is 2.27. The Morgan fingerprint density at radius 3 is 2.32 bits per heavy atom. The monoisotopic (exact) mass is 343 g/mol. The summed E-state index contributed by atoms with van der Waals surface area (Å²) < 4.78 is 5.03. The predicted octanol–water partition coefficient (Wildman–Crippen LogP) is 2.06. The average Bonchev–Trinajstić information content (AvgIpc) is 3.07. The topological polar surface area (TPSA) is 100 Å². The van der Waals surface area contributed by atoms with Gasteiger partial charge >= 0.3 is 0 Å². The van der Waals surface area contributed by atoms with Crippen LogP contribution in [0.25, 0.3) is 0 Å². The molecule has 7 heteroatoms. The third kappa shape index (κ3) is 5.20. The SMILES string of the molecule is CC(=O)NC(C)(C)C(=O)NCc1ccc(NC(=O)c2ccco2)cc1. The molecule has 1 heterocycles. The lowest BCUT2D eigenvalue weighted by Gasteiger charge is -2.24. The number of carbonyl (C=O) groups excluding carboxylic acids is 3. The minimum Gasteiger partial charge on any atom is -0.459 e.